The van der Waals surface area contributed by atoms with E-state index in [1.54, 1.807) is 0 Å². The number of benzene rings is 1. The monoisotopic (exact) mass is 324 g/mol. The molecule has 0 aliphatic carbocycles. The lowest BCUT2D eigenvalue weighted by Gasteiger charge is -2.20. The largest absolute Gasteiger partial charge is 0.443 e. The van der Waals surface area contributed by atoms with Crippen LogP contribution in [0.25, 0.3) is 11.1 Å². The van der Waals surface area contributed by atoms with Gasteiger partial charge in [-0.3, -0.25) is 4.90 Å². The number of hydrogen-bond donors (Lipinski definition) is 1. The van der Waals surface area contributed by atoms with Crippen LogP contribution in [0.1, 0.15) is 35.2 Å². The summed E-state index contributed by atoms with van der Waals surface area (Å²) >= 11 is 0. The molecule has 0 spiro atoms. The molecule has 2 heterocycles. The van der Waals surface area contributed by atoms with Gasteiger partial charge in [0.15, 0.2) is 0 Å². The van der Waals surface area contributed by atoms with Crippen molar-refractivity contribution in [3.63, 3.8) is 0 Å². The van der Waals surface area contributed by atoms with Crippen LogP contribution in [-0.4, -0.2) is 21.4 Å². The standard InChI is InChI=1S/C19H24N4O/c1-5-23(10-15-9-7-6-8-12(15)2)11-16-21-18(20)17-13(3)14(4)24-19(17)22-16/h6-9H,5,10-11H2,1-4H3,(H2,20,21,22). The molecule has 126 valence electrons. The summed E-state index contributed by atoms with van der Waals surface area (Å²) in [6.07, 6.45) is 0. The molecule has 0 saturated carbocycles. The van der Waals surface area contributed by atoms with E-state index in [0.717, 1.165) is 29.8 Å². The molecule has 0 aliphatic heterocycles. The van der Waals surface area contributed by atoms with Crippen LogP contribution in [0.5, 0.6) is 0 Å². The van der Waals surface area contributed by atoms with E-state index in [9.17, 15) is 0 Å². The average molecular weight is 324 g/mol. The lowest BCUT2D eigenvalue weighted by molar-refractivity contribution is 0.264. The van der Waals surface area contributed by atoms with E-state index in [4.69, 9.17) is 10.2 Å². The SMILES string of the molecule is CCN(Cc1nc(N)c2c(C)c(C)oc2n1)Cc1ccccc1C. The van der Waals surface area contributed by atoms with Gasteiger partial charge in [0.05, 0.1) is 11.9 Å². The quantitative estimate of drug-likeness (QED) is 0.774. The molecule has 3 rings (SSSR count). The van der Waals surface area contributed by atoms with Crippen molar-refractivity contribution in [3.8, 4) is 0 Å². The summed E-state index contributed by atoms with van der Waals surface area (Å²) in [6.45, 7) is 10.6. The van der Waals surface area contributed by atoms with Crippen molar-refractivity contribution < 1.29 is 4.42 Å². The van der Waals surface area contributed by atoms with Crippen LogP contribution in [0.2, 0.25) is 0 Å². The van der Waals surface area contributed by atoms with Gasteiger partial charge < -0.3 is 10.2 Å². The van der Waals surface area contributed by atoms with Crippen molar-refractivity contribution >= 4 is 16.9 Å². The zero-order chi connectivity index (χ0) is 17.3. The van der Waals surface area contributed by atoms with Gasteiger partial charge in [-0.05, 0) is 38.4 Å². The number of anilines is 1. The first-order chi connectivity index (χ1) is 11.5. The maximum absolute atomic E-state index is 6.14. The molecule has 24 heavy (non-hydrogen) atoms. The molecule has 0 bridgehead atoms. The van der Waals surface area contributed by atoms with Gasteiger partial charge in [-0.25, -0.2) is 4.98 Å². The number of furan rings is 1. The highest BCUT2D eigenvalue weighted by Gasteiger charge is 2.16. The minimum atomic E-state index is 0.497. The highest BCUT2D eigenvalue weighted by molar-refractivity contribution is 5.88. The average Bonchev–Trinajstić information content (AvgIpc) is 2.83. The van der Waals surface area contributed by atoms with Crippen LogP contribution in [-0.2, 0) is 13.1 Å². The van der Waals surface area contributed by atoms with Gasteiger partial charge in [0, 0.05) is 12.1 Å². The predicted octanol–water partition coefficient (Wildman–Crippen LogP) is 3.75. The third-order valence-electron chi connectivity index (χ3n) is 4.57. The predicted molar refractivity (Wildman–Crippen MR) is 96.7 cm³/mol. The second-order valence-corrected chi connectivity index (χ2v) is 6.22. The van der Waals surface area contributed by atoms with Gasteiger partial charge in [0.25, 0.3) is 0 Å². The maximum Gasteiger partial charge on any atom is 0.231 e. The summed E-state index contributed by atoms with van der Waals surface area (Å²) in [5.41, 5.74) is 10.3. The number of rotatable bonds is 5. The summed E-state index contributed by atoms with van der Waals surface area (Å²) in [4.78, 5) is 11.4. The molecule has 0 unspecified atom stereocenters. The smallest absolute Gasteiger partial charge is 0.231 e. The molecule has 0 amide bonds. The van der Waals surface area contributed by atoms with Gasteiger partial charge in [-0.15, -0.1) is 0 Å². The van der Waals surface area contributed by atoms with E-state index in [2.05, 4.69) is 53.0 Å². The van der Waals surface area contributed by atoms with Gasteiger partial charge in [0.2, 0.25) is 5.71 Å². The number of aromatic nitrogens is 2. The zero-order valence-corrected chi connectivity index (χ0v) is 14.8. The van der Waals surface area contributed by atoms with E-state index >= 15 is 0 Å². The summed E-state index contributed by atoms with van der Waals surface area (Å²) in [5, 5.41) is 0.832. The van der Waals surface area contributed by atoms with Crippen molar-refractivity contribution in [2.24, 2.45) is 0 Å². The Kier molecular flexibility index (Phi) is 4.53. The van der Waals surface area contributed by atoms with Crippen LogP contribution in [0.4, 0.5) is 5.82 Å². The fourth-order valence-electron chi connectivity index (χ4n) is 2.91. The van der Waals surface area contributed by atoms with Crippen LogP contribution >= 0.6 is 0 Å². The minimum absolute atomic E-state index is 0.497. The first-order valence-electron chi connectivity index (χ1n) is 8.28. The Morgan fingerprint density at radius 3 is 2.54 bits per heavy atom. The normalized spacial score (nSPS) is 11.5. The highest BCUT2D eigenvalue weighted by Crippen LogP contribution is 2.27. The zero-order valence-electron chi connectivity index (χ0n) is 14.8. The van der Waals surface area contributed by atoms with E-state index in [1.807, 2.05) is 13.8 Å². The number of fused-ring (bicyclic) bond motifs is 1. The first kappa shape index (κ1) is 16.5. The van der Waals surface area contributed by atoms with Crippen molar-refractivity contribution in [2.75, 3.05) is 12.3 Å². The Morgan fingerprint density at radius 2 is 1.83 bits per heavy atom. The van der Waals surface area contributed by atoms with Crippen LogP contribution in [0.15, 0.2) is 28.7 Å². The van der Waals surface area contributed by atoms with E-state index < -0.39 is 0 Å². The van der Waals surface area contributed by atoms with E-state index in [1.165, 1.54) is 11.1 Å². The Morgan fingerprint density at radius 1 is 1.08 bits per heavy atom. The molecule has 3 aromatic rings. The second kappa shape index (κ2) is 6.61. The van der Waals surface area contributed by atoms with Gasteiger partial charge >= 0.3 is 0 Å². The van der Waals surface area contributed by atoms with Crippen molar-refractivity contribution in [2.45, 2.75) is 40.8 Å². The summed E-state index contributed by atoms with van der Waals surface area (Å²) < 4.78 is 5.72. The highest BCUT2D eigenvalue weighted by atomic mass is 16.3. The van der Waals surface area contributed by atoms with Crippen LogP contribution in [0, 0.1) is 20.8 Å². The number of nitrogen functional groups attached to an aromatic ring is 1. The van der Waals surface area contributed by atoms with E-state index in [-0.39, 0.29) is 0 Å². The number of hydrogen-bond acceptors (Lipinski definition) is 5. The van der Waals surface area contributed by atoms with E-state index in [0.29, 0.717) is 23.9 Å². The van der Waals surface area contributed by atoms with Crippen LogP contribution in [0.3, 0.4) is 0 Å². The first-order valence-corrected chi connectivity index (χ1v) is 8.28. The Labute approximate surface area is 142 Å². The third-order valence-corrected chi connectivity index (χ3v) is 4.57. The van der Waals surface area contributed by atoms with Gasteiger partial charge in [-0.1, -0.05) is 31.2 Å². The molecule has 0 atom stereocenters. The minimum Gasteiger partial charge on any atom is -0.443 e. The van der Waals surface area contributed by atoms with Crippen molar-refractivity contribution in [1.82, 2.24) is 14.9 Å². The van der Waals surface area contributed by atoms with Gasteiger partial charge in [0.1, 0.15) is 17.4 Å². The third kappa shape index (κ3) is 3.12. The maximum atomic E-state index is 6.14. The second-order valence-electron chi connectivity index (χ2n) is 6.22. The fourth-order valence-corrected chi connectivity index (χ4v) is 2.91. The number of nitrogens with two attached hydrogens (primary N) is 1. The number of nitrogens with zero attached hydrogens (tertiary/aromatic N) is 3. The number of aryl methyl sites for hydroxylation is 3. The molecule has 2 N–H and O–H groups in total. The molecule has 0 fully saturated rings. The molecule has 5 heteroatoms. The van der Waals surface area contributed by atoms with Crippen molar-refractivity contribution in [1.29, 1.82) is 0 Å². The summed E-state index contributed by atoms with van der Waals surface area (Å²) in [7, 11) is 0. The molecule has 0 radical (unpaired) electrons. The fraction of sp³-hybridized carbons (Fsp3) is 0.368. The molecule has 0 aliphatic rings. The molecule has 1 aromatic carbocycles. The lowest BCUT2D eigenvalue weighted by Crippen LogP contribution is -2.24. The lowest BCUT2D eigenvalue weighted by atomic mass is 10.1. The van der Waals surface area contributed by atoms with Crippen LogP contribution < -0.4 is 5.73 Å². The van der Waals surface area contributed by atoms with Gasteiger partial charge in [-0.2, -0.15) is 4.98 Å². The summed E-state index contributed by atoms with van der Waals surface area (Å²) in [6, 6.07) is 8.44. The molecule has 5 nitrogen and oxygen atoms in total. The molecular weight excluding hydrogens is 300 g/mol. The topological polar surface area (TPSA) is 68.2 Å². The summed E-state index contributed by atoms with van der Waals surface area (Å²) in [5.74, 6) is 2.04. The molecule has 2 aromatic heterocycles. The molecular formula is C19H24N4O. The Hall–Kier alpha value is -2.40. The Bertz CT molecular complexity index is 869. The van der Waals surface area contributed by atoms with Crippen molar-refractivity contribution in [3.05, 3.63) is 52.5 Å². The Balaban J connectivity index is 1.86. The molecule has 0 saturated heterocycles.